The van der Waals surface area contributed by atoms with Gasteiger partial charge in [0, 0.05) is 85.5 Å². The fraction of sp³-hybridized carbons (Fsp3) is 0.694. The van der Waals surface area contributed by atoms with E-state index in [-0.39, 0.29) is 17.7 Å². The van der Waals surface area contributed by atoms with Gasteiger partial charge in [-0.15, -0.1) is 0 Å². The van der Waals surface area contributed by atoms with Crippen molar-refractivity contribution in [2.24, 2.45) is 11.8 Å². The summed E-state index contributed by atoms with van der Waals surface area (Å²) in [6.07, 6.45) is 12.0. The summed E-state index contributed by atoms with van der Waals surface area (Å²) < 4.78 is 28.1. The maximum atomic E-state index is 14.0. The Labute approximate surface area is 290 Å². The predicted molar refractivity (Wildman–Crippen MR) is 188 cm³/mol. The number of benzene rings is 1. The molecule has 3 saturated heterocycles. The quantitative estimate of drug-likeness (QED) is 0.362. The number of amides is 2. The molecule has 1 aromatic heterocycles. The monoisotopic (exact) mass is 698 g/mol. The van der Waals surface area contributed by atoms with Gasteiger partial charge in [0.05, 0.1) is 18.5 Å². The van der Waals surface area contributed by atoms with E-state index >= 15 is 0 Å². The molecule has 2 bridgehead atoms. The minimum absolute atomic E-state index is 0.0676. The number of aryl methyl sites for hydroxylation is 2. The third-order valence-corrected chi connectivity index (χ3v) is 13.7. The minimum atomic E-state index is -3.26. The summed E-state index contributed by atoms with van der Waals surface area (Å²) in [7, 11) is -3.26. The molecule has 1 aliphatic carbocycles. The standard InChI is InChI=1S/C36H51ClN6O4S/c1-24-8-9-30(22-32(24)37)42(36(45)27-12-18-40(19-13-27)48(3,46)47)16-5-15-41-28-10-11-29(41)21-31(20-28)43-25(2)38-33-23-39(17-14-34(33)43)35(44)26-6-4-7-26/h8-9,22,26-29,31H,4-7,10-21,23H2,1-3H3/t28-,29?,31?/m0/s1. The Morgan fingerprint density at radius 2 is 1.67 bits per heavy atom. The van der Waals surface area contributed by atoms with Gasteiger partial charge in [-0.3, -0.25) is 14.5 Å². The van der Waals surface area contributed by atoms with Gasteiger partial charge in [0.15, 0.2) is 0 Å². The molecule has 3 atom stereocenters. The highest BCUT2D eigenvalue weighted by Crippen LogP contribution is 2.43. The molecule has 4 fully saturated rings. The van der Waals surface area contributed by atoms with Gasteiger partial charge in [0.25, 0.3) is 0 Å². The normalized spacial score (nSPS) is 25.6. The Kier molecular flexibility index (Phi) is 9.69. The molecule has 0 N–H and O–H groups in total. The van der Waals surface area contributed by atoms with Crippen molar-refractivity contribution in [2.75, 3.05) is 43.9 Å². The van der Waals surface area contributed by atoms with Crippen molar-refractivity contribution in [3.05, 3.63) is 46.0 Å². The van der Waals surface area contributed by atoms with Crippen molar-refractivity contribution in [2.45, 2.75) is 109 Å². The molecule has 12 heteroatoms. The van der Waals surface area contributed by atoms with E-state index in [9.17, 15) is 18.0 Å². The molecule has 10 nitrogen and oxygen atoms in total. The van der Waals surface area contributed by atoms with E-state index < -0.39 is 10.0 Å². The predicted octanol–water partition coefficient (Wildman–Crippen LogP) is 5.10. The Balaban J connectivity index is 0.991. The highest BCUT2D eigenvalue weighted by Gasteiger charge is 2.43. The van der Waals surface area contributed by atoms with Crippen LogP contribution in [0, 0.1) is 25.7 Å². The van der Waals surface area contributed by atoms with Crippen LogP contribution >= 0.6 is 11.6 Å². The third-order valence-electron chi connectivity index (χ3n) is 12.0. The fourth-order valence-electron chi connectivity index (χ4n) is 9.13. The summed E-state index contributed by atoms with van der Waals surface area (Å²) in [6, 6.07) is 7.32. The largest absolute Gasteiger partial charge is 0.336 e. The van der Waals surface area contributed by atoms with Crippen molar-refractivity contribution in [3.8, 4) is 0 Å². The number of hydrogen-bond acceptors (Lipinski definition) is 6. The van der Waals surface area contributed by atoms with Crippen molar-refractivity contribution < 1.29 is 18.0 Å². The summed E-state index contributed by atoms with van der Waals surface area (Å²) in [6.45, 7) is 7.87. The molecule has 2 unspecified atom stereocenters. The fourth-order valence-corrected chi connectivity index (χ4v) is 10.2. The highest BCUT2D eigenvalue weighted by molar-refractivity contribution is 7.88. The lowest BCUT2D eigenvalue weighted by molar-refractivity contribution is -0.139. The molecule has 5 aliphatic rings. The molecule has 0 radical (unpaired) electrons. The summed E-state index contributed by atoms with van der Waals surface area (Å²) in [5.74, 6) is 1.51. The average molecular weight is 699 g/mol. The Bertz CT molecular complexity index is 1640. The van der Waals surface area contributed by atoms with E-state index in [1.165, 1.54) is 35.5 Å². The zero-order chi connectivity index (χ0) is 33.7. The number of carbonyl (C=O) groups excluding carboxylic acids is 2. The molecule has 2 amide bonds. The second kappa shape index (κ2) is 13.7. The summed E-state index contributed by atoms with van der Waals surface area (Å²) in [5.41, 5.74) is 4.24. The molecule has 262 valence electrons. The van der Waals surface area contributed by atoms with Crippen molar-refractivity contribution in [1.82, 2.24) is 23.7 Å². The van der Waals surface area contributed by atoms with Crippen LogP contribution in [0.3, 0.4) is 0 Å². The van der Waals surface area contributed by atoms with E-state index in [4.69, 9.17) is 16.6 Å². The van der Waals surface area contributed by atoms with Crippen LogP contribution in [0.4, 0.5) is 5.69 Å². The highest BCUT2D eigenvalue weighted by atomic mass is 35.5. The number of aromatic nitrogens is 2. The number of nitrogens with zero attached hydrogens (tertiary/aromatic N) is 6. The first-order valence-electron chi connectivity index (χ1n) is 18.1. The molecule has 0 spiro atoms. The Hall–Kier alpha value is -2.47. The molecule has 7 rings (SSSR count). The van der Waals surface area contributed by atoms with E-state index in [0.29, 0.717) is 68.1 Å². The Morgan fingerprint density at radius 3 is 2.29 bits per heavy atom. The number of fused-ring (bicyclic) bond motifs is 3. The van der Waals surface area contributed by atoms with Gasteiger partial charge in [0.2, 0.25) is 21.8 Å². The van der Waals surface area contributed by atoms with Gasteiger partial charge in [-0.2, -0.15) is 0 Å². The van der Waals surface area contributed by atoms with Crippen molar-refractivity contribution in [1.29, 1.82) is 0 Å². The summed E-state index contributed by atoms with van der Waals surface area (Å²) in [4.78, 5) is 38.6. The van der Waals surface area contributed by atoms with Crippen LogP contribution in [-0.2, 0) is 32.6 Å². The lowest BCUT2D eigenvalue weighted by atomic mass is 9.84. The van der Waals surface area contributed by atoms with Crippen LogP contribution in [0.15, 0.2) is 18.2 Å². The summed E-state index contributed by atoms with van der Waals surface area (Å²) in [5, 5.41) is 0.645. The number of piperidine rings is 2. The molecule has 2 aromatic rings. The molecule has 5 heterocycles. The maximum absolute atomic E-state index is 14.0. The van der Waals surface area contributed by atoms with Gasteiger partial charge in [-0.25, -0.2) is 17.7 Å². The molecule has 1 saturated carbocycles. The van der Waals surface area contributed by atoms with Crippen LogP contribution in [0.1, 0.15) is 93.0 Å². The second-order valence-electron chi connectivity index (χ2n) is 15.0. The van der Waals surface area contributed by atoms with Crippen LogP contribution in [-0.4, -0.2) is 95.0 Å². The van der Waals surface area contributed by atoms with E-state index in [0.717, 1.165) is 74.4 Å². The van der Waals surface area contributed by atoms with Crippen LogP contribution in [0.5, 0.6) is 0 Å². The van der Waals surface area contributed by atoms with Crippen LogP contribution in [0.25, 0.3) is 0 Å². The van der Waals surface area contributed by atoms with E-state index in [1.54, 1.807) is 0 Å². The van der Waals surface area contributed by atoms with E-state index in [2.05, 4.69) is 16.4 Å². The number of carbonyl (C=O) groups is 2. The zero-order valence-electron chi connectivity index (χ0n) is 28.7. The number of imidazole rings is 1. The zero-order valence-corrected chi connectivity index (χ0v) is 30.3. The lowest BCUT2D eigenvalue weighted by Gasteiger charge is -2.41. The van der Waals surface area contributed by atoms with Gasteiger partial charge in [0.1, 0.15) is 5.82 Å². The maximum Gasteiger partial charge on any atom is 0.230 e. The minimum Gasteiger partial charge on any atom is -0.336 e. The topological polar surface area (TPSA) is 99.1 Å². The Morgan fingerprint density at radius 1 is 0.958 bits per heavy atom. The number of rotatable bonds is 9. The van der Waals surface area contributed by atoms with Crippen LogP contribution < -0.4 is 4.90 Å². The van der Waals surface area contributed by atoms with Crippen LogP contribution in [0.2, 0.25) is 5.02 Å². The molecule has 1 aromatic carbocycles. The SMILES string of the molecule is Cc1ccc(N(CCCN2C3CC[C@H]2CC(n2c(C)nc4c2CCN(C(=O)C2CCC2)C4)C3)C(=O)C2CCN(S(C)(=O)=O)CC2)cc1Cl. The molecule has 4 aliphatic heterocycles. The molecular weight excluding hydrogens is 648 g/mol. The number of anilines is 1. The lowest BCUT2D eigenvalue weighted by Crippen LogP contribution is -2.47. The number of hydrogen-bond donors (Lipinski definition) is 0. The first-order chi connectivity index (χ1) is 23.0. The van der Waals surface area contributed by atoms with Crippen molar-refractivity contribution >= 4 is 39.1 Å². The molecule has 48 heavy (non-hydrogen) atoms. The first kappa shape index (κ1) is 34.0. The number of halogens is 1. The third kappa shape index (κ3) is 6.68. The summed E-state index contributed by atoms with van der Waals surface area (Å²) >= 11 is 6.53. The van der Waals surface area contributed by atoms with Gasteiger partial charge in [-0.1, -0.05) is 24.1 Å². The second-order valence-corrected chi connectivity index (χ2v) is 17.4. The van der Waals surface area contributed by atoms with E-state index in [1.807, 2.05) is 34.9 Å². The molecular formula is C36H51ClN6O4S. The van der Waals surface area contributed by atoms with Gasteiger partial charge in [-0.05, 0) is 89.3 Å². The van der Waals surface area contributed by atoms with Crippen molar-refractivity contribution in [3.63, 3.8) is 0 Å². The average Bonchev–Trinajstić information content (AvgIpc) is 3.48. The van der Waals surface area contributed by atoms with Gasteiger partial charge < -0.3 is 14.4 Å². The van der Waals surface area contributed by atoms with Gasteiger partial charge >= 0.3 is 0 Å². The smallest absolute Gasteiger partial charge is 0.230 e. The number of sulfonamides is 1. The first-order valence-corrected chi connectivity index (χ1v) is 20.3.